The highest BCUT2D eigenvalue weighted by Crippen LogP contribution is 2.38. The number of halogens is 1. The Hall–Kier alpha value is -2.40. The van der Waals surface area contributed by atoms with E-state index in [4.69, 9.17) is 4.42 Å². The Bertz CT molecular complexity index is 1040. The highest BCUT2D eigenvalue weighted by Gasteiger charge is 2.42. The molecule has 25 heavy (non-hydrogen) atoms. The number of fused-ring (bicyclic) bond motifs is 2. The summed E-state index contributed by atoms with van der Waals surface area (Å²) in [7, 11) is 0. The van der Waals surface area contributed by atoms with Gasteiger partial charge in [-0.2, -0.15) is 0 Å². The van der Waals surface area contributed by atoms with Gasteiger partial charge in [-0.3, -0.25) is 9.59 Å². The number of carbonyl (C=O) groups excluding carboxylic acids is 1. The second kappa shape index (κ2) is 6.15. The minimum absolute atomic E-state index is 0.131. The number of hydrogen-bond acceptors (Lipinski definition) is 3. The lowest BCUT2D eigenvalue weighted by Gasteiger charge is -2.24. The fourth-order valence-corrected chi connectivity index (χ4v) is 3.88. The van der Waals surface area contributed by atoms with Crippen LogP contribution in [-0.2, 0) is 0 Å². The minimum Gasteiger partial charge on any atom is -0.450 e. The Kier molecular flexibility index (Phi) is 3.96. The van der Waals surface area contributed by atoms with Crippen LogP contribution in [0.15, 0.2) is 62.2 Å². The van der Waals surface area contributed by atoms with E-state index in [1.54, 1.807) is 29.2 Å². The molecule has 126 valence electrons. The largest absolute Gasteiger partial charge is 0.450 e. The molecule has 1 aliphatic rings. The van der Waals surface area contributed by atoms with Crippen molar-refractivity contribution in [2.75, 3.05) is 6.54 Å². The van der Waals surface area contributed by atoms with Gasteiger partial charge >= 0.3 is 0 Å². The molecule has 4 nitrogen and oxygen atoms in total. The molecular formula is C20H16BrNO3. The Morgan fingerprint density at radius 2 is 1.92 bits per heavy atom. The third-order valence-corrected chi connectivity index (χ3v) is 5.00. The van der Waals surface area contributed by atoms with Gasteiger partial charge in [0.25, 0.3) is 5.91 Å². The van der Waals surface area contributed by atoms with Crippen LogP contribution < -0.4 is 5.43 Å². The number of rotatable bonds is 3. The second-order valence-corrected chi connectivity index (χ2v) is 7.04. The van der Waals surface area contributed by atoms with E-state index in [1.807, 2.05) is 31.2 Å². The molecule has 0 unspecified atom stereocenters. The summed E-state index contributed by atoms with van der Waals surface area (Å²) in [6.07, 6.45) is 0.804. The monoisotopic (exact) mass is 397 g/mol. The van der Waals surface area contributed by atoms with E-state index in [9.17, 15) is 9.59 Å². The summed E-state index contributed by atoms with van der Waals surface area (Å²) in [6, 6.07) is 14.4. The average molecular weight is 398 g/mol. The SMILES string of the molecule is CCCN1C(=O)c2oc3ccccc3c(=O)c2[C@H]1c1cccc(Br)c1. The van der Waals surface area contributed by atoms with Gasteiger partial charge in [-0.15, -0.1) is 0 Å². The average Bonchev–Trinajstić information content (AvgIpc) is 2.89. The van der Waals surface area contributed by atoms with Gasteiger partial charge in [0.1, 0.15) is 5.58 Å². The molecule has 4 rings (SSSR count). The summed E-state index contributed by atoms with van der Waals surface area (Å²) in [5, 5.41) is 0.507. The zero-order chi connectivity index (χ0) is 17.6. The molecule has 0 fully saturated rings. The highest BCUT2D eigenvalue weighted by atomic mass is 79.9. The quantitative estimate of drug-likeness (QED) is 0.652. The van der Waals surface area contributed by atoms with Crippen molar-refractivity contribution in [3.05, 3.63) is 80.1 Å². The molecule has 0 aliphatic carbocycles. The lowest BCUT2D eigenvalue weighted by Crippen LogP contribution is -2.30. The van der Waals surface area contributed by atoms with Crippen molar-refractivity contribution >= 4 is 32.8 Å². The first-order valence-electron chi connectivity index (χ1n) is 8.24. The molecule has 0 saturated heterocycles. The zero-order valence-electron chi connectivity index (χ0n) is 13.7. The van der Waals surface area contributed by atoms with Crippen molar-refractivity contribution in [3.8, 4) is 0 Å². The van der Waals surface area contributed by atoms with E-state index in [-0.39, 0.29) is 17.1 Å². The van der Waals surface area contributed by atoms with Crippen molar-refractivity contribution < 1.29 is 9.21 Å². The maximum absolute atomic E-state index is 13.1. The Labute approximate surface area is 153 Å². The molecular weight excluding hydrogens is 382 g/mol. The van der Waals surface area contributed by atoms with E-state index >= 15 is 0 Å². The normalized spacial score (nSPS) is 16.5. The van der Waals surface area contributed by atoms with Crippen LogP contribution in [0.5, 0.6) is 0 Å². The van der Waals surface area contributed by atoms with Gasteiger partial charge in [0.05, 0.1) is 17.0 Å². The maximum Gasteiger partial charge on any atom is 0.290 e. The number of hydrogen-bond donors (Lipinski definition) is 0. The molecule has 0 saturated carbocycles. The van der Waals surface area contributed by atoms with Crippen LogP contribution in [0.3, 0.4) is 0 Å². The molecule has 5 heteroatoms. The summed E-state index contributed by atoms with van der Waals surface area (Å²) in [6.45, 7) is 2.58. The Morgan fingerprint density at radius 3 is 2.68 bits per heavy atom. The molecule has 1 atom stereocenters. The van der Waals surface area contributed by atoms with Crippen molar-refractivity contribution in [2.24, 2.45) is 0 Å². The molecule has 0 bridgehead atoms. The summed E-state index contributed by atoms with van der Waals surface area (Å²) in [5.74, 6) is -0.0493. The summed E-state index contributed by atoms with van der Waals surface area (Å²) in [5.41, 5.74) is 1.66. The van der Waals surface area contributed by atoms with Crippen molar-refractivity contribution in [1.82, 2.24) is 4.90 Å². The molecule has 3 aromatic rings. The number of nitrogens with zero attached hydrogens (tertiary/aromatic N) is 1. The van der Waals surface area contributed by atoms with Crippen LogP contribution in [0, 0.1) is 0 Å². The molecule has 2 heterocycles. The van der Waals surface area contributed by atoms with Crippen molar-refractivity contribution in [2.45, 2.75) is 19.4 Å². The standard InChI is InChI=1S/C20H16BrNO3/c1-2-10-22-17(12-6-5-7-13(21)11-12)16-18(23)14-8-3-4-9-15(14)25-19(16)20(22)24/h3-9,11,17H,2,10H2,1H3/t17-/m1/s1. The van der Waals surface area contributed by atoms with Gasteiger partial charge < -0.3 is 9.32 Å². The minimum atomic E-state index is -0.416. The van der Waals surface area contributed by atoms with Crippen LogP contribution in [0.1, 0.15) is 41.1 Å². The molecule has 2 aromatic carbocycles. The van der Waals surface area contributed by atoms with Crippen LogP contribution in [-0.4, -0.2) is 17.4 Å². The molecule has 0 radical (unpaired) electrons. The smallest absolute Gasteiger partial charge is 0.290 e. The molecule has 0 spiro atoms. The molecule has 0 N–H and O–H groups in total. The predicted molar refractivity (Wildman–Crippen MR) is 99.8 cm³/mol. The van der Waals surface area contributed by atoms with Gasteiger partial charge in [0, 0.05) is 11.0 Å². The first kappa shape index (κ1) is 16.1. The maximum atomic E-state index is 13.1. The zero-order valence-corrected chi connectivity index (χ0v) is 15.2. The topological polar surface area (TPSA) is 50.5 Å². The number of amides is 1. The van der Waals surface area contributed by atoms with E-state index in [0.717, 1.165) is 16.5 Å². The van der Waals surface area contributed by atoms with E-state index in [0.29, 0.717) is 23.1 Å². The van der Waals surface area contributed by atoms with E-state index in [1.165, 1.54) is 0 Å². The predicted octanol–water partition coefficient (Wildman–Crippen LogP) is 4.51. The Morgan fingerprint density at radius 1 is 1.12 bits per heavy atom. The van der Waals surface area contributed by atoms with Gasteiger partial charge in [0.2, 0.25) is 5.76 Å². The fraction of sp³-hybridized carbons (Fsp3) is 0.200. The van der Waals surface area contributed by atoms with Gasteiger partial charge in [0.15, 0.2) is 5.43 Å². The number of benzene rings is 2. The second-order valence-electron chi connectivity index (χ2n) is 6.13. The summed E-state index contributed by atoms with van der Waals surface area (Å²) < 4.78 is 6.76. The van der Waals surface area contributed by atoms with Gasteiger partial charge in [-0.05, 0) is 36.2 Å². The first-order chi connectivity index (χ1) is 12.1. The molecule has 1 aromatic heterocycles. The lowest BCUT2D eigenvalue weighted by molar-refractivity contribution is 0.0728. The van der Waals surface area contributed by atoms with Crippen LogP contribution in [0.2, 0.25) is 0 Å². The lowest BCUT2D eigenvalue weighted by atomic mass is 9.98. The third kappa shape index (κ3) is 2.50. The summed E-state index contributed by atoms with van der Waals surface area (Å²) in [4.78, 5) is 27.8. The summed E-state index contributed by atoms with van der Waals surface area (Å²) >= 11 is 3.48. The molecule has 1 amide bonds. The van der Waals surface area contributed by atoms with Crippen LogP contribution in [0.25, 0.3) is 11.0 Å². The van der Waals surface area contributed by atoms with Gasteiger partial charge in [-0.25, -0.2) is 0 Å². The van der Waals surface area contributed by atoms with Gasteiger partial charge in [-0.1, -0.05) is 47.1 Å². The fourth-order valence-electron chi connectivity index (χ4n) is 3.46. The highest BCUT2D eigenvalue weighted by molar-refractivity contribution is 9.10. The van der Waals surface area contributed by atoms with Crippen LogP contribution in [0.4, 0.5) is 0 Å². The van der Waals surface area contributed by atoms with Crippen molar-refractivity contribution in [3.63, 3.8) is 0 Å². The Balaban J connectivity index is 2.02. The van der Waals surface area contributed by atoms with Crippen molar-refractivity contribution in [1.29, 1.82) is 0 Å². The molecule has 1 aliphatic heterocycles. The van der Waals surface area contributed by atoms with Crippen LogP contribution >= 0.6 is 15.9 Å². The third-order valence-electron chi connectivity index (χ3n) is 4.50. The first-order valence-corrected chi connectivity index (χ1v) is 9.03. The van der Waals surface area contributed by atoms with E-state index < -0.39 is 6.04 Å². The van der Waals surface area contributed by atoms with E-state index in [2.05, 4.69) is 15.9 Å². The number of carbonyl (C=O) groups is 1. The number of para-hydroxylation sites is 1.